The molecule has 1 aromatic carbocycles. The minimum absolute atomic E-state index is 0.148. The Hall–Kier alpha value is -1.11. The van der Waals surface area contributed by atoms with Crippen molar-refractivity contribution in [3.63, 3.8) is 0 Å². The third-order valence-electron chi connectivity index (χ3n) is 3.83. The molecule has 0 aromatic heterocycles. The molecule has 1 heteroatoms. The number of hydrogen-bond donors (Lipinski definition) is 0. The van der Waals surface area contributed by atoms with E-state index in [4.69, 9.17) is 0 Å². The van der Waals surface area contributed by atoms with E-state index < -0.39 is 0 Å². The molecule has 1 aliphatic rings. The number of rotatable bonds is 4. The van der Waals surface area contributed by atoms with E-state index in [1.807, 2.05) is 19.1 Å². The second-order valence-electron chi connectivity index (χ2n) is 4.92. The van der Waals surface area contributed by atoms with Gasteiger partial charge < -0.3 is 0 Å². The first-order valence-corrected chi connectivity index (χ1v) is 6.36. The van der Waals surface area contributed by atoms with Crippen LogP contribution in [0.15, 0.2) is 24.3 Å². The lowest BCUT2D eigenvalue weighted by Gasteiger charge is -2.25. The summed E-state index contributed by atoms with van der Waals surface area (Å²) in [6, 6.07) is 8.28. The van der Waals surface area contributed by atoms with Crippen LogP contribution in [0.1, 0.15) is 61.4 Å². The van der Waals surface area contributed by atoms with Gasteiger partial charge in [-0.2, -0.15) is 0 Å². The summed E-state index contributed by atoms with van der Waals surface area (Å²) in [5, 5.41) is 0. The van der Waals surface area contributed by atoms with E-state index >= 15 is 0 Å². The molecule has 2 rings (SSSR count). The molecular formula is C15H20O. The highest BCUT2D eigenvalue weighted by Gasteiger charge is 2.20. The van der Waals surface area contributed by atoms with Crippen LogP contribution in [0.2, 0.25) is 0 Å². The predicted octanol–water partition coefficient (Wildman–Crippen LogP) is 4.18. The summed E-state index contributed by atoms with van der Waals surface area (Å²) in [6.45, 7) is 4.06. The van der Waals surface area contributed by atoms with Crippen molar-refractivity contribution in [2.45, 2.75) is 45.4 Å². The van der Waals surface area contributed by atoms with E-state index in [0.29, 0.717) is 0 Å². The van der Waals surface area contributed by atoms with Crippen LogP contribution in [0.25, 0.3) is 0 Å². The van der Waals surface area contributed by atoms with Crippen molar-refractivity contribution in [3.05, 3.63) is 35.4 Å². The van der Waals surface area contributed by atoms with Crippen LogP contribution in [0.5, 0.6) is 0 Å². The largest absolute Gasteiger partial charge is 0.294 e. The Bertz CT molecular complexity index is 360. The van der Waals surface area contributed by atoms with Crippen LogP contribution >= 0.6 is 0 Å². The fraction of sp³-hybridized carbons (Fsp3) is 0.533. The van der Waals surface area contributed by atoms with E-state index in [-0.39, 0.29) is 11.7 Å². The fourth-order valence-electron chi connectivity index (χ4n) is 2.13. The molecule has 0 amide bonds. The average molecular weight is 216 g/mol. The number of benzene rings is 1. The summed E-state index contributed by atoms with van der Waals surface area (Å²) in [5.74, 6) is 1.19. The van der Waals surface area contributed by atoms with Crippen molar-refractivity contribution >= 4 is 5.78 Å². The van der Waals surface area contributed by atoms with Crippen LogP contribution < -0.4 is 0 Å². The number of Topliss-reactive ketones (excluding diaryl/α,β-unsaturated/α-hetero) is 1. The summed E-state index contributed by atoms with van der Waals surface area (Å²) in [7, 11) is 0. The van der Waals surface area contributed by atoms with Gasteiger partial charge in [-0.15, -0.1) is 0 Å². The van der Waals surface area contributed by atoms with Gasteiger partial charge in [0.15, 0.2) is 5.78 Å². The molecule has 0 N–H and O–H groups in total. The van der Waals surface area contributed by atoms with Crippen molar-refractivity contribution in [3.8, 4) is 0 Å². The summed E-state index contributed by atoms with van der Waals surface area (Å²) >= 11 is 0. The lowest BCUT2D eigenvalue weighted by atomic mass is 9.79. The van der Waals surface area contributed by atoms with Gasteiger partial charge in [-0.3, -0.25) is 4.79 Å². The van der Waals surface area contributed by atoms with Crippen molar-refractivity contribution in [2.75, 3.05) is 0 Å². The lowest BCUT2D eigenvalue weighted by molar-refractivity contribution is 0.0927. The van der Waals surface area contributed by atoms with Crippen LogP contribution in [-0.4, -0.2) is 5.78 Å². The van der Waals surface area contributed by atoms with E-state index in [2.05, 4.69) is 19.1 Å². The van der Waals surface area contributed by atoms with Gasteiger partial charge in [-0.25, -0.2) is 0 Å². The van der Waals surface area contributed by atoms with Gasteiger partial charge in [0.25, 0.3) is 0 Å². The van der Waals surface area contributed by atoms with Gasteiger partial charge in [0, 0.05) is 11.5 Å². The Kier molecular flexibility index (Phi) is 3.42. The minimum Gasteiger partial charge on any atom is -0.294 e. The molecule has 1 aromatic rings. The maximum Gasteiger partial charge on any atom is 0.165 e. The molecule has 16 heavy (non-hydrogen) atoms. The Morgan fingerprint density at radius 1 is 1.31 bits per heavy atom. The quantitative estimate of drug-likeness (QED) is 0.690. The van der Waals surface area contributed by atoms with E-state index in [9.17, 15) is 4.79 Å². The van der Waals surface area contributed by atoms with Crippen LogP contribution in [0.4, 0.5) is 0 Å². The van der Waals surface area contributed by atoms with Gasteiger partial charge in [0.1, 0.15) is 0 Å². The molecule has 0 saturated heterocycles. The third kappa shape index (κ3) is 2.18. The zero-order valence-electron chi connectivity index (χ0n) is 10.2. The molecule has 0 spiro atoms. The Balaban J connectivity index is 2.09. The molecular weight excluding hydrogens is 196 g/mol. The van der Waals surface area contributed by atoms with Crippen molar-refractivity contribution in [2.24, 2.45) is 5.92 Å². The number of carbonyl (C=O) groups excluding carboxylic acids is 1. The average Bonchev–Trinajstić information content (AvgIpc) is 2.26. The second-order valence-corrected chi connectivity index (χ2v) is 4.92. The maximum atomic E-state index is 11.9. The summed E-state index contributed by atoms with van der Waals surface area (Å²) in [6.07, 6.45) is 4.92. The van der Waals surface area contributed by atoms with Crippen molar-refractivity contribution in [1.29, 1.82) is 0 Å². The Labute approximate surface area is 97.9 Å². The van der Waals surface area contributed by atoms with Crippen molar-refractivity contribution in [1.82, 2.24) is 0 Å². The molecule has 0 radical (unpaired) electrons. The van der Waals surface area contributed by atoms with Crippen LogP contribution in [0.3, 0.4) is 0 Å². The normalized spacial score (nSPS) is 17.9. The third-order valence-corrected chi connectivity index (χ3v) is 3.83. The maximum absolute atomic E-state index is 11.9. The zero-order chi connectivity index (χ0) is 11.5. The first-order valence-electron chi connectivity index (χ1n) is 6.36. The predicted molar refractivity (Wildman–Crippen MR) is 66.8 cm³/mol. The molecule has 1 nitrogen and oxygen atoms in total. The van der Waals surface area contributed by atoms with Gasteiger partial charge in [0.2, 0.25) is 0 Å². The number of ketones is 1. The highest BCUT2D eigenvalue weighted by molar-refractivity contribution is 5.97. The van der Waals surface area contributed by atoms with Gasteiger partial charge in [-0.05, 0) is 30.7 Å². The van der Waals surface area contributed by atoms with Crippen LogP contribution in [0, 0.1) is 5.92 Å². The fourth-order valence-corrected chi connectivity index (χ4v) is 2.13. The van der Waals surface area contributed by atoms with E-state index in [1.54, 1.807) is 0 Å². The van der Waals surface area contributed by atoms with Gasteiger partial charge in [0.05, 0.1) is 0 Å². The van der Waals surface area contributed by atoms with Gasteiger partial charge >= 0.3 is 0 Å². The van der Waals surface area contributed by atoms with E-state index in [0.717, 1.165) is 17.9 Å². The highest BCUT2D eigenvalue weighted by atomic mass is 16.1. The zero-order valence-corrected chi connectivity index (χ0v) is 10.2. The summed E-state index contributed by atoms with van der Waals surface area (Å²) in [4.78, 5) is 11.9. The first-order chi connectivity index (χ1) is 7.72. The molecule has 0 bridgehead atoms. The van der Waals surface area contributed by atoms with Crippen LogP contribution in [-0.2, 0) is 0 Å². The second kappa shape index (κ2) is 4.82. The number of carbonyl (C=O) groups is 1. The molecule has 1 atom stereocenters. The standard InChI is InChI=1S/C15H20O/c1-3-11(2)15(16)14-9-7-13(8-10-14)12-5-4-6-12/h7-12H,3-6H2,1-2H3. The smallest absolute Gasteiger partial charge is 0.165 e. The molecule has 0 heterocycles. The molecule has 1 aliphatic carbocycles. The topological polar surface area (TPSA) is 17.1 Å². The SMILES string of the molecule is CCC(C)C(=O)c1ccc(C2CCC2)cc1. The molecule has 1 unspecified atom stereocenters. The Morgan fingerprint density at radius 2 is 1.94 bits per heavy atom. The van der Waals surface area contributed by atoms with Gasteiger partial charge in [-0.1, -0.05) is 44.5 Å². The first kappa shape index (κ1) is 11.4. The summed E-state index contributed by atoms with van der Waals surface area (Å²) in [5.41, 5.74) is 2.28. The van der Waals surface area contributed by atoms with Crippen molar-refractivity contribution < 1.29 is 4.79 Å². The molecule has 1 saturated carbocycles. The monoisotopic (exact) mass is 216 g/mol. The highest BCUT2D eigenvalue weighted by Crippen LogP contribution is 2.36. The Morgan fingerprint density at radius 3 is 2.38 bits per heavy atom. The number of hydrogen-bond acceptors (Lipinski definition) is 1. The lowest BCUT2D eigenvalue weighted by Crippen LogP contribution is -2.11. The molecule has 86 valence electrons. The summed E-state index contributed by atoms with van der Waals surface area (Å²) < 4.78 is 0. The van der Waals surface area contributed by atoms with E-state index in [1.165, 1.54) is 24.8 Å². The minimum atomic E-state index is 0.148. The molecule has 1 fully saturated rings. The molecule has 0 aliphatic heterocycles.